The highest BCUT2D eigenvalue weighted by atomic mass is 16.5. The molecule has 168 valence electrons. The molecule has 1 aromatic rings. The maximum Gasteiger partial charge on any atom is 0.241 e. The Bertz CT molecular complexity index is 827. The summed E-state index contributed by atoms with van der Waals surface area (Å²) in [7, 11) is 3.39. The molecule has 1 aromatic carbocycles. The summed E-state index contributed by atoms with van der Waals surface area (Å²) in [5, 5.41) is 0. The number of imide groups is 1. The van der Waals surface area contributed by atoms with Crippen molar-refractivity contribution in [3.05, 3.63) is 29.8 Å². The lowest BCUT2D eigenvalue weighted by molar-refractivity contribution is -0.145. The lowest BCUT2D eigenvalue weighted by Gasteiger charge is -2.35. The van der Waals surface area contributed by atoms with Crippen LogP contribution in [0, 0.1) is 0 Å². The summed E-state index contributed by atoms with van der Waals surface area (Å²) in [6.07, 6.45) is 5.39. The summed E-state index contributed by atoms with van der Waals surface area (Å²) in [4.78, 5) is 43.5. The largest absolute Gasteiger partial charge is 0.497 e. The van der Waals surface area contributed by atoms with Gasteiger partial charge in [0.1, 0.15) is 5.75 Å². The van der Waals surface area contributed by atoms with Crippen LogP contribution < -0.4 is 4.74 Å². The number of benzene rings is 1. The molecule has 3 amide bonds. The summed E-state index contributed by atoms with van der Waals surface area (Å²) in [5.41, 5.74) is -0.441. The van der Waals surface area contributed by atoms with E-state index in [4.69, 9.17) is 9.47 Å². The minimum atomic E-state index is -1.15. The molecule has 0 bridgehead atoms. The van der Waals surface area contributed by atoms with E-state index in [1.54, 1.807) is 31.2 Å². The predicted molar refractivity (Wildman–Crippen MR) is 115 cm³/mol. The summed E-state index contributed by atoms with van der Waals surface area (Å²) in [5.74, 6) is 0.198. The Morgan fingerprint density at radius 1 is 1.13 bits per heavy atom. The first-order valence-corrected chi connectivity index (χ1v) is 11.3. The molecule has 7 nitrogen and oxygen atoms in total. The third-order valence-electron chi connectivity index (χ3n) is 7.27. The molecule has 1 saturated carbocycles. The van der Waals surface area contributed by atoms with Crippen LogP contribution in [0.5, 0.6) is 5.75 Å². The molecule has 0 radical (unpaired) electrons. The predicted octanol–water partition coefficient (Wildman–Crippen LogP) is 2.66. The van der Waals surface area contributed by atoms with Crippen LogP contribution in [0.1, 0.15) is 56.9 Å². The topological polar surface area (TPSA) is 76.2 Å². The second kappa shape index (κ2) is 8.99. The fourth-order valence-electron chi connectivity index (χ4n) is 5.33. The molecule has 4 rings (SSSR count). The van der Waals surface area contributed by atoms with E-state index in [9.17, 15) is 14.4 Å². The van der Waals surface area contributed by atoms with E-state index < -0.39 is 5.41 Å². The number of likely N-dealkylation sites (tertiary alicyclic amines) is 1. The normalized spacial score (nSPS) is 25.3. The third kappa shape index (κ3) is 4.07. The number of hydrogen-bond acceptors (Lipinski definition) is 5. The summed E-state index contributed by atoms with van der Waals surface area (Å²) < 4.78 is 10.7. The van der Waals surface area contributed by atoms with Crippen molar-refractivity contribution >= 4 is 17.7 Å². The zero-order valence-electron chi connectivity index (χ0n) is 18.5. The van der Waals surface area contributed by atoms with Crippen molar-refractivity contribution in [1.29, 1.82) is 0 Å². The minimum Gasteiger partial charge on any atom is -0.497 e. The van der Waals surface area contributed by atoms with Gasteiger partial charge in [-0.05, 0) is 43.4 Å². The van der Waals surface area contributed by atoms with Crippen LogP contribution in [0.15, 0.2) is 24.3 Å². The van der Waals surface area contributed by atoms with E-state index in [0.717, 1.165) is 38.5 Å². The molecule has 7 heteroatoms. The van der Waals surface area contributed by atoms with Crippen LogP contribution in [0.4, 0.5) is 0 Å². The molecule has 31 heavy (non-hydrogen) atoms. The van der Waals surface area contributed by atoms with Gasteiger partial charge in [0.05, 0.1) is 12.5 Å². The molecule has 1 atom stereocenters. The monoisotopic (exact) mass is 428 g/mol. The maximum atomic E-state index is 13.8. The fraction of sp³-hybridized carbons (Fsp3) is 0.625. The first kappa shape index (κ1) is 21.8. The third-order valence-corrected chi connectivity index (χ3v) is 7.27. The van der Waals surface area contributed by atoms with Gasteiger partial charge in [-0.1, -0.05) is 25.0 Å². The van der Waals surface area contributed by atoms with Crippen LogP contribution in [0.3, 0.4) is 0 Å². The van der Waals surface area contributed by atoms with Gasteiger partial charge < -0.3 is 14.4 Å². The molecular formula is C24H32N2O5. The van der Waals surface area contributed by atoms with Gasteiger partial charge in [-0.3, -0.25) is 19.3 Å². The van der Waals surface area contributed by atoms with Crippen LogP contribution >= 0.6 is 0 Å². The number of amides is 3. The van der Waals surface area contributed by atoms with Gasteiger partial charge in [-0.2, -0.15) is 0 Å². The second-order valence-corrected chi connectivity index (χ2v) is 9.02. The van der Waals surface area contributed by atoms with Gasteiger partial charge in [0, 0.05) is 45.2 Å². The van der Waals surface area contributed by atoms with E-state index in [-0.39, 0.29) is 42.6 Å². The van der Waals surface area contributed by atoms with E-state index in [2.05, 4.69) is 0 Å². The minimum absolute atomic E-state index is 0.000972. The number of rotatable bonds is 6. The quantitative estimate of drug-likeness (QED) is 0.651. The Morgan fingerprint density at radius 3 is 2.39 bits per heavy atom. The highest BCUT2D eigenvalue weighted by Gasteiger charge is 2.56. The molecule has 3 aliphatic rings. The van der Waals surface area contributed by atoms with Crippen molar-refractivity contribution in [2.24, 2.45) is 0 Å². The summed E-state index contributed by atoms with van der Waals surface area (Å²) in [6.45, 7) is 1.28. The molecule has 2 aliphatic heterocycles. The zero-order chi connectivity index (χ0) is 22.0. The highest BCUT2D eigenvalue weighted by Crippen LogP contribution is 2.43. The lowest BCUT2D eigenvalue weighted by Crippen LogP contribution is -2.47. The summed E-state index contributed by atoms with van der Waals surface area (Å²) >= 11 is 0. The van der Waals surface area contributed by atoms with Gasteiger partial charge in [-0.15, -0.1) is 0 Å². The Kier molecular flexibility index (Phi) is 6.32. The van der Waals surface area contributed by atoms with Crippen molar-refractivity contribution < 1.29 is 23.9 Å². The number of ether oxygens (including phenoxy) is 2. The van der Waals surface area contributed by atoms with Gasteiger partial charge in [-0.25, -0.2) is 0 Å². The number of carbonyl (C=O) groups is 3. The lowest BCUT2D eigenvalue weighted by atomic mass is 9.75. The zero-order valence-corrected chi connectivity index (χ0v) is 18.5. The van der Waals surface area contributed by atoms with Gasteiger partial charge >= 0.3 is 0 Å². The Balaban J connectivity index is 1.65. The van der Waals surface area contributed by atoms with Gasteiger partial charge in [0.25, 0.3) is 0 Å². The van der Waals surface area contributed by atoms with Crippen molar-refractivity contribution in [1.82, 2.24) is 9.80 Å². The molecule has 2 saturated heterocycles. The Hall–Kier alpha value is -2.41. The fourth-order valence-corrected chi connectivity index (χ4v) is 5.33. The maximum absolute atomic E-state index is 13.8. The van der Waals surface area contributed by atoms with Crippen molar-refractivity contribution in [3.63, 3.8) is 0 Å². The average Bonchev–Trinajstić information content (AvgIpc) is 3.40. The number of carbonyl (C=O) groups excluding carboxylic acids is 3. The van der Waals surface area contributed by atoms with Crippen LogP contribution in [0.25, 0.3) is 0 Å². The van der Waals surface area contributed by atoms with Crippen molar-refractivity contribution in [2.75, 3.05) is 27.4 Å². The van der Waals surface area contributed by atoms with E-state index in [1.165, 1.54) is 4.90 Å². The van der Waals surface area contributed by atoms with E-state index >= 15 is 0 Å². The standard InChI is InChI=1S/C24H32N2O5/c1-25(18-11-13-31-14-12-18)21(27)15-24(17-7-9-20(30-2)10-8-17)16-22(28)26(23(24)29)19-5-3-4-6-19/h7-10,18-19H,3-6,11-16H2,1-2H3. The van der Waals surface area contributed by atoms with Gasteiger partial charge in [0.15, 0.2) is 0 Å². The van der Waals surface area contributed by atoms with Gasteiger partial charge in [0.2, 0.25) is 17.7 Å². The van der Waals surface area contributed by atoms with Crippen molar-refractivity contribution in [3.8, 4) is 5.75 Å². The van der Waals surface area contributed by atoms with Crippen LogP contribution in [0.2, 0.25) is 0 Å². The van der Waals surface area contributed by atoms with E-state index in [0.29, 0.717) is 24.5 Å². The molecule has 2 heterocycles. The van der Waals surface area contributed by atoms with Crippen LogP contribution in [-0.2, 0) is 24.5 Å². The number of methoxy groups -OCH3 is 1. The Morgan fingerprint density at radius 2 is 1.77 bits per heavy atom. The first-order chi connectivity index (χ1) is 15.0. The first-order valence-electron chi connectivity index (χ1n) is 11.3. The number of hydrogen-bond donors (Lipinski definition) is 0. The molecule has 1 unspecified atom stereocenters. The molecule has 0 aromatic heterocycles. The van der Waals surface area contributed by atoms with Crippen molar-refractivity contribution in [2.45, 2.75) is 68.9 Å². The molecule has 0 N–H and O–H groups in total. The van der Waals surface area contributed by atoms with E-state index in [1.807, 2.05) is 12.1 Å². The molecule has 0 spiro atoms. The highest BCUT2D eigenvalue weighted by molar-refractivity contribution is 6.11. The Labute approximate surface area is 183 Å². The average molecular weight is 429 g/mol. The summed E-state index contributed by atoms with van der Waals surface area (Å²) in [6, 6.07) is 7.29. The molecule has 3 fully saturated rings. The second-order valence-electron chi connectivity index (χ2n) is 9.02. The smallest absolute Gasteiger partial charge is 0.241 e. The SMILES string of the molecule is COc1ccc(C2(CC(=O)N(C)C3CCOCC3)CC(=O)N(C3CCCC3)C2=O)cc1. The van der Waals surface area contributed by atoms with Crippen LogP contribution in [-0.4, -0.2) is 67.0 Å². The molecular weight excluding hydrogens is 396 g/mol. The molecule has 1 aliphatic carbocycles. The number of nitrogens with zero attached hydrogens (tertiary/aromatic N) is 2.